The molecule has 5 nitrogen and oxygen atoms in total. The molecular weight excluding hydrogens is 362 g/mol. The monoisotopic (exact) mass is 391 g/mol. The summed E-state index contributed by atoms with van der Waals surface area (Å²) in [5.74, 6) is 2.50. The minimum Gasteiger partial charge on any atom is -0.457 e. The molecule has 1 N–H and O–H groups in total. The van der Waals surface area contributed by atoms with E-state index in [1.807, 2.05) is 62.1 Å². The first-order valence-electron chi connectivity index (χ1n) is 10.00. The van der Waals surface area contributed by atoms with Crippen LogP contribution >= 0.6 is 0 Å². The summed E-state index contributed by atoms with van der Waals surface area (Å²) < 4.78 is 5.93. The number of nitrogens with one attached hydrogen (secondary N) is 1. The molecule has 2 aromatic carbocycles. The Morgan fingerprint density at radius 2 is 1.90 bits per heavy atom. The van der Waals surface area contributed by atoms with Gasteiger partial charge in [0, 0.05) is 30.8 Å². The fraction of sp³-hybridized carbons (Fsp3) is 0.333. The predicted octanol–water partition coefficient (Wildman–Crippen LogP) is 4.64. The van der Waals surface area contributed by atoms with E-state index in [-0.39, 0.29) is 11.9 Å². The van der Waals surface area contributed by atoms with Gasteiger partial charge in [-0.3, -0.25) is 9.79 Å². The van der Waals surface area contributed by atoms with Crippen molar-refractivity contribution in [3.8, 4) is 11.5 Å². The van der Waals surface area contributed by atoms with Gasteiger partial charge in [0.15, 0.2) is 0 Å². The molecule has 0 spiro atoms. The minimum absolute atomic E-state index is 0.0489. The number of carbonyl (C=O) groups is 1. The number of nitrogens with zero attached hydrogens (tertiary/aromatic N) is 2. The van der Waals surface area contributed by atoms with Gasteiger partial charge < -0.3 is 15.0 Å². The Labute approximate surface area is 173 Å². The molecule has 0 aromatic heterocycles. The number of hydrogen-bond acceptors (Lipinski definition) is 3. The fourth-order valence-corrected chi connectivity index (χ4v) is 3.47. The lowest BCUT2D eigenvalue weighted by Crippen LogP contribution is -2.31. The van der Waals surface area contributed by atoms with E-state index >= 15 is 0 Å². The van der Waals surface area contributed by atoms with Gasteiger partial charge in [0.1, 0.15) is 17.3 Å². The lowest BCUT2D eigenvalue weighted by molar-refractivity contribution is -0.125. The van der Waals surface area contributed by atoms with E-state index in [0.717, 1.165) is 34.0 Å². The summed E-state index contributed by atoms with van der Waals surface area (Å²) in [7, 11) is 1.76. The average molecular weight is 392 g/mol. The molecule has 29 heavy (non-hydrogen) atoms. The number of amidine groups is 1. The Morgan fingerprint density at radius 1 is 1.17 bits per heavy atom. The largest absolute Gasteiger partial charge is 0.457 e. The van der Waals surface area contributed by atoms with E-state index in [0.29, 0.717) is 13.1 Å². The van der Waals surface area contributed by atoms with Crippen molar-refractivity contribution in [1.29, 1.82) is 0 Å². The normalized spacial score (nSPS) is 15.7. The van der Waals surface area contributed by atoms with E-state index in [9.17, 15) is 4.79 Å². The Balaban J connectivity index is 1.68. The SMILES string of the molecule is CCN1CC(C(=NC)NC(C)c2ccc(Oc3cccc(C)c3)cc2)=C(C)C1=O. The maximum Gasteiger partial charge on any atom is 0.250 e. The molecule has 1 atom stereocenters. The second-order valence-electron chi connectivity index (χ2n) is 7.35. The van der Waals surface area contributed by atoms with Crippen LogP contribution in [0.2, 0.25) is 0 Å². The van der Waals surface area contributed by atoms with Crippen molar-refractivity contribution < 1.29 is 9.53 Å². The molecule has 5 heteroatoms. The minimum atomic E-state index is 0.0489. The zero-order valence-corrected chi connectivity index (χ0v) is 17.8. The number of benzene rings is 2. The van der Waals surface area contributed by atoms with Crippen LogP contribution in [0, 0.1) is 6.92 Å². The molecule has 1 unspecified atom stereocenters. The lowest BCUT2D eigenvalue weighted by atomic mass is 10.1. The number of rotatable bonds is 6. The first-order chi connectivity index (χ1) is 13.9. The molecular formula is C24H29N3O2. The smallest absolute Gasteiger partial charge is 0.250 e. The highest BCUT2D eigenvalue weighted by Crippen LogP contribution is 2.25. The second kappa shape index (κ2) is 8.95. The Hall–Kier alpha value is -3.08. The van der Waals surface area contributed by atoms with Gasteiger partial charge in [0.05, 0.1) is 6.54 Å². The summed E-state index contributed by atoms with van der Waals surface area (Å²) in [4.78, 5) is 18.6. The molecule has 1 heterocycles. The van der Waals surface area contributed by atoms with Crippen LogP contribution in [0.1, 0.15) is 37.9 Å². The third kappa shape index (κ3) is 4.67. The van der Waals surface area contributed by atoms with Crippen molar-refractivity contribution in [2.24, 2.45) is 4.99 Å². The zero-order chi connectivity index (χ0) is 21.0. The molecule has 0 fully saturated rings. The quantitative estimate of drug-likeness (QED) is 0.576. The van der Waals surface area contributed by atoms with Gasteiger partial charge >= 0.3 is 0 Å². The van der Waals surface area contributed by atoms with Crippen LogP contribution in [-0.2, 0) is 4.79 Å². The first kappa shape index (κ1) is 20.6. The predicted molar refractivity (Wildman–Crippen MR) is 118 cm³/mol. The number of likely N-dealkylation sites (N-methyl/N-ethyl adjacent to an activating group) is 1. The maximum atomic E-state index is 12.3. The third-order valence-electron chi connectivity index (χ3n) is 5.26. The second-order valence-corrected chi connectivity index (χ2v) is 7.35. The number of ether oxygens (including phenoxy) is 1. The summed E-state index contributed by atoms with van der Waals surface area (Å²) in [6.45, 7) is 9.32. The Morgan fingerprint density at radius 3 is 2.48 bits per heavy atom. The van der Waals surface area contributed by atoms with Crippen molar-refractivity contribution in [3.05, 3.63) is 70.8 Å². The molecule has 0 bridgehead atoms. The summed E-state index contributed by atoms with van der Waals surface area (Å²) >= 11 is 0. The highest BCUT2D eigenvalue weighted by molar-refractivity contribution is 6.10. The van der Waals surface area contributed by atoms with E-state index in [1.54, 1.807) is 7.05 Å². The standard InChI is InChI=1S/C24H29N3O2/c1-6-27-15-22(17(3)24(27)28)23(25-5)26-18(4)19-10-12-20(13-11-19)29-21-9-7-8-16(2)14-21/h7-14,18H,6,15H2,1-5H3,(H,25,26). The lowest BCUT2D eigenvalue weighted by Gasteiger charge is -2.19. The van der Waals surface area contributed by atoms with Crippen molar-refractivity contribution in [2.75, 3.05) is 20.1 Å². The van der Waals surface area contributed by atoms with Gasteiger partial charge in [-0.15, -0.1) is 0 Å². The highest BCUT2D eigenvalue weighted by atomic mass is 16.5. The third-order valence-corrected chi connectivity index (χ3v) is 5.26. The number of carbonyl (C=O) groups excluding carboxylic acids is 1. The topological polar surface area (TPSA) is 53.9 Å². The van der Waals surface area contributed by atoms with Crippen LogP contribution in [0.25, 0.3) is 0 Å². The Kier molecular flexibility index (Phi) is 6.37. The summed E-state index contributed by atoms with van der Waals surface area (Å²) in [5.41, 5.74) is 4.04. The van der Waals surface area contributed by atoms with Crippen LogP contribution in [0.5, 0.6) is 11.5 Å². The average Bonchev–Trinajstić information content (AvgIpc) is 3.01. The summed E-state index contributed by atoms with van der Waals surface area (Å²) in [6, 6.07) is 16.1. The molecule has 152 valence electrons. The molecule has 3 rings (SSSR count). The van der Waals surface area contributed by atoms with Crippen molar-refractivity contribution in [2.45, 2.75) is 33.7 Å². The van der Waals surface area contributed by atoms with Crippen LogP contribution in [0.3, 0.4) is 0 Å². The molecule has 2 aromatic rings. The molecule has 0 aliphatic carbocycles. The van der Waals surface area contributed by atoms with E-state index in [2.05, 4.69) is 29.4 Å². The number of hydrogen-bond donors (Lipinski definition) is 1. The van der Waals surface area contributed by atoms with Gasteiger partial charge in [-0.1, -0.05) is 24.3 Å². The van der Waals surface area contributed by atoms with Gasteiger partial charge in [-0.25, -0.2) is 0 Å². The van der Waals surface area contributed by atoms with Crippen LogP contribution in [-0.4, -0.2) is 36.8 Å². The fourth-order valence-electron chi connectivity index (χ4n) is 3.47. The molecule has 0 saturated carbocycles. The molecule has 1 aliphatic heterocycles. The summed E-state index contributed by atoms with van der Waals surface area (Å²) in [5, 5.41) is 3.47. The van der Waals surface area contributed by atoms with Gasteiger partial charge in [-0.2, -0.15) is 0 Å². The number of aryl methyl sites for hydroxylation is 1. The highest BCUT2D eigenvalue weighted by Gasteiger charge is 2.29. The van der Waals surface area contributed by atoms with Crippen LogP contribution in [0.4, 0.5) is 0 Å². The van der Waals surface area contributed by atoms with Crippen molar-refractivity contribution in [1.82, 2.24) is 10.2 Å². The Bertz CT molecular complexity index is 945. The van der Waals surface area contributed by atoms with Crippen LogP contribution < -0.4 is 10.1 Å². The molecule has 0 radical (unpaired) electrons. The number of aliphatic imine (C=N–C) groups is 1. The molecule has 0 saturated heterocycles. The molecule has 1 aliphatic rings. The van der Waals surface area contributed by atoms with Gasteiger partial charge in [0.25, 0.3) is 0 Å². The first-order valence-corrected chi connectivity index (χ1v) is 10.00. The van der Waals surface area contributed by atoms with Gasteiger partial charge in [0.2, 0.25) is 5.91 Å². The van der Waals surface area contributed by atoms with E-state index in [4.69, 9.17) is 4.74 Å². The zero-order valence-electron chi connectivity index (χ0n) is 17.8. The van der Waals surface area contributed by atoms with E-state index < -0.39 is 0 Å². The summed E-state index contributed by atoms with van der Waals surface area (Å²) in [6.07, 6.45) is 0. The van der Waals surface area contributed by atoms with E-state index in [1.165, 1.54) is 5.56 Å². The number of amides is 1. The maximum absolute atomic E-state index is 12.3. The van der Waals surface area contributed by atoms with Crippen LogP contribution in [0.15, 0.2) is 64.7 Å². The molecule has 1 amide bonds. The van der Waals surface area contributed by atoms with Crippen molar-refractivity contribution in [3.63, 3.8) is 0 Å². The van der Waals surface area contributed by atoms with Gasteiger partial charge in [-0.05, 0) is 63.1 Å². The van der Waals surface area contributed by atoms with Crippen molar-refractivity contribution >= 4 is 11.7 Å².